The SMILES string of the molecule is COc1ccc(/C=C/C(=O)Nc2ccc3[nH]ncc3c2)cc1OC. The number of fused-ring (bicyclic) bond motifs is 1. The van der Waals surface area contributed by atoms with Crippen molar-refractivity contribution in [1.82, 2.24) is 10.2 Å². The minimum Gasteiger partial charge on any atom is -0.493 e. The summed E-state index contributed by atoms with van der Waals surface area (Å²) < 4.78 is 10.4. The zero-order valence-corrected chi connectivity index (χ0v) is 13.4. The number of anilines is 1. The third-order valence-electron chi connectivity index (χ3n) is 3.54. The van der Waals surface area contributed by atoms with Gasteiger partial charge in [0.15, 0.2) is 11.5 Å². The molecule has 0 aliphatic heterocycles. The van der Waals surface area contributed by atoms with Gasteiger partial charge in [-0.2, -0.15) is 5.10 Å². The van der Waals surface area contributed by atoms with Gasteiger partial charge in [0.25, 0.3) is 0 Å². The second-order valence-corrected chi connectivity index (χ2v) is 5.11. The van der Waals surface area contributed by atoms with Gasteiger partial charge in [0.05, 0.1) is 25.9 Å². The van der Waals surface area contributed by atoms with E-state index in [4.69, 9.17) is 9.47 Å². The van der Waals surface area contributed by atoms with Crippen LogP contribution in [0.3, 0.4) is 0 Å². The van der Waals surface area contributed by atoms with E-state index in [1.54, 1.807) is 38.6 Å². The highest BCUT2D eigenvalue weighted by molar-refractivity contribution is 6.02. The van der Waals surface area contributed by atoms with Crippen LogP contribution in [0.5, 0.6) is 11.5 Å². The molecular weight excluding hydrogens is 306 g/mol. The summed E-state index contributed by atoms with van der Waals surface area (Å²) in [7, 11) is 3.15. The number of benzene rings is 2. The van der Waals surface area contributed by atoms with Crippen molar-refractivity contribution in [3.63, 3.8) is 0 Å². The summed E-state index contributed by atoms with van der Waals surface area (Å²) in [5.74, 6) is 1.05. The number of aromatic nitrogens is 2. The van der Waals surface area contributed by atoms with Gasteiger partial charge in [0.1, 0.15) is 0 Å². The minimum atomic E-state index is -0.215. The van der Waals surface area contributed by atoms with Crippen molar-refractivity contribution in [2.75, 3.05) is 19.5 Å². The van der Waals surface area contributed by atoms with Crippen LogP contribution in [0, 0.1) is 0 Å². The molecule has 3 aromatic rings. The van der Waals surface area contributed by atoms with Crippen LogP contribution in [0.25, 0.3) is 17.0 Å². The van der Waals surface area contributed by atoms with E-state index in [0.717, 1.165) is 16.5 Å². The second kappa shape index (κ2) is 6.87. The van der Waals surface area contributed by atoms with Crippen molar-refractivity contribution >= 4 is 28.6 Å². The molecular formula is C18H17N3O3. The number of rotatable bonds is 5. The van der Waals surface area contributed by atoms with Crippen LogP contribution < -0.4 is 14.8 Å². The predicted molar refractivity (Wildman–Crippen MR) is 93.3 cm³/mol. The van der Waals surface area contributed by atoms with E-state index in [1.165, 1.54) is 6.08 Å². The van der Waals surface area contributed by atoms with E-state index < -0.39 is 0 Å². The first-order valence-electron chi connectivity index (χ1n) is 7.34. The zero-order chi connectivity index (χ0) is 16.9. The van der Waals surface area contributed by atoms with E-state index in [2.05, 4.69) is 15.5 Å². The summed E-state index contributed by atoms with van der Waals surface area (Å²) in [5.41, 5.74) is 2.48. The van der Waals surface area contributed by atoms with Gasteiger partial charge in [-0.15, -0.1) is 0 Å². The summed E-state index contributed by atoms with van der Waals surface area (Å²) in [6, 6.07) is 11.0. The van der Waals surface area contributed by atoms with Crippen LogP contribution in [0.2, 0.25) is 0 Å². The fraction of sp³-hybridized carbons (Fsp3) is 0.111. The number of nitrogens with zero attached hydrogens (tertiary/aromatic N) is 1. The fourth-order valence-corrected chi connectivity index (χ4v) is 2.33. The number of carbonyl (C=O) groups is 1. The van der Waals surface area contributed by atoms with Crippen LogP contribution in [-0.2, 0) is 4.79 Å². The summed E-state index contributed by atoms with van der Waals surface area (Å²) >= 11 is 0. The van der Waals surface area contributed by atoms with Crippen LogP contribution in [0.4, 0.5) is 5.69 Å². The topological polar surface area (TPSA) is 76.2 Å². The molecule has 1 heterocycles. The van der Waals surface area contributed by atoms with Gasteiger partial charge >= 0.3 is 0 Å². The molecule has 0 bridgehead atoms. The number of hydrogen-bond acceptors (Lipinski definition) is 4. The molecule has 6 nitrogen and oxygen atoms in total. The average molecular weight is 323 g/mol. The van der Waals surface area contributed by atoms with Crippen molar-refractivity contribution in [3.05, 3.63) is 54.2 Å². The maximum Gasteiger partial charge on any atom is 0.248 e. The lowest BCUT2D eigenvalue weighted by atomic mass is 10.2. The number of carbonyl (C=O) groups excluding carboxylic acids is 1. The predicted octanol–water partition coefficient (Wildman–Crippen LogP) is 3.23. The molecule has 0 aliphatic rings. The van der Waals surface area contributed by atoms with E-state index >= 15 is 0 Å². The van der Waals surface area contributed by atoms with Crippen molar-refractivity contribution in [1.29, 1.82) is 0 Å². The van der Waals surface area contributed by atoms with Crippen molar-refractivity contribution < 1.29 is 14.3 Å². The lowest BCUT2D eigenvalue weighted by molar-refractivity contribution is -0.111. The highest BCUT2D eigenvalue weighted by atomic mass is 16.5. The number of aromatic amines is 1. The first-order chi connectivity index (χ1) is 11.7. The number of ether oxygens (including phenoxy) is 2. The molecule has 0 unspecified atom stereocenters. The Bertz CT molecular complexity index is 899. The first-order valence-corrected chi connectivity index (χ1v) is 7.34. The van der Waals surface area contributed by atoms with Crippen molar-refractivity contribution in [2.45, 2.75) is 0 Å². The molecule has 3 rings (SSSR count). The van der Waals surface area contributed by atoms with Crippen LogP contribution >= 0.6 is 0 Å². The monoisotopic (exact) mass is 323 g/mol. The number of hydrogen-bond donors (Lipinski definition) is 2. The van der Waals surface area contributed by atoms with Gasteiger partial charge in [-0.3, -0.25) is 9.89 Å². The van der Waals surface area contributed by atoms with Crippen LogP contribution in [-0.4, -0.2) is 30.3 Å². The van der Waals surface area contributed by atoms with E-state index in [-0.39, 0.29) is 5.91 Å². The lowest BCUT2D eigenvalue weighted by Crippen LogP contribution is -2.07. The maximum absolute atomic E-state index is 12.1. The highest BCUT2D eigenvalue weighted by Gasteiger charge is 2.04. The molecule has 24 heavy (non-hydrogen) atoms. The Labute approximate surface area is 139 Å². The van der Waals surface area contributed by atoms with E-state index in [1.807, 2.05) is 24.3 Å². The number of nitrogens with one attached hydrogen (secondary N) is 2. The molecule has 0 spiro atoms. The molecule has 2 aromatic carbocycles. The maximum atomic E-state index is 12.1. The van der Waals surface area contributed by atoms with Crippen molar-refractivity contribution in [3.8, 4) is 11.5 Å². The zero-order valence-electron chi connectivity index (χ0n) is 13.4. The summed E-state index contributed by atoms with van der Waals surface area (Å²) in [6.45, 7) is 0. The lowest BCUT2D eigenvalue weighted by Gasteiger charge is -2.07. The summed E-state index contributed by atoms with van der Waals surface area (Å²) in [5, 5.41) is 10.6. The number of methoxy groups -OCH3 is 2. The van der Waals surface area contributed by atoms with Crippen LogP contribution in [0.1, 0.15) is 5.56 Å². The molecule has 0 saturated heterocycles. The Morgan fingerprint density at radius 2 is 1.96 bits per heavy atom. The smallest absolute Gasteiger partial charge is 0.248 e. The molecule has 2 N–H and O–H groups in total. The highest BCUT2D eigenvalue weighted by Crippen LogP contribution is 2.28. The first kappa shape index (κ1) is 15.6. The largest absolute Gasteiger partial charge is 0.493 e. The minimum absolute atomic E-state index is 0.215. The molecule has 1 amide bonds. The molecule has 0 radical (unpaired) electrons. The van der Waals surface area contributed by atoms with E-state index in [9.17, 15) is 4.79 Å². The molecule has 0 fully saturated rings. The van der Waals surface area contributed by atoms with Gasteiger partial charge in [-0.25, -0.2) is 0 Å². The Kier molecular flexibility index (Phi) is 4.47. The Morgan fingerprint density at radius 1 is 1.12 bits per heavy atom. The number of H-pyrrole nitrogens is 1. The molecule has 6 heteroatoms. The van der Waals surface area contributed by atoms with Gasteiger partial charge in [0.2, 0.25) is 5.91 Å². The third-order valence-corrected chi connectivity index (χ3v) is 3.54. The van der Waals surface area contributed by atoms with Crippen molar-refractivity contribution in [2.24, 2.45) is 0 Å². The molecule has 0 aliphatic carbocycles. The average Bonchev–Trinajstić information content (AvgIpc) is 3.07. The standard InChI is InChI=1S/C18H17N3O3/c1-23-16-7-3-12(9-17(16)24-2)4-8-18(22)20-14-5-6-15-13(10-14)11-19-21-15/h3-11H,1-2H3,(H,19,21)(H,20,22)/b8-4+. The molecule has 1 aromatic heterocycles. The van der Waals surface area contributed by atoms with Crippen LogP contribution in [0.15, 0.2) is 48.7 Å². The van der Waals surface area contributed by atoms with E-state index in [0.29, 0.717) is 17.2 Å². The quantitative estimate of drug-likeness (QED) is 0.707. The summed E-state index contributed by atoms with van der Waals surface area (Å²) in [6.07, 6.45) is 4.90. The molecule has 122 valence electrons. The Hall–Kier alpha value is -3.28. The Balaban J connectivity index is 1.70. The third kappa shape index (κ3) is 3.38. The molecule has 0 atom stereocenters. The summed E-state index contributed by atoms with van der Waals surface area (Å²) in [4.78, 5) is 12.1. The van der Waals surface area contributed by atoms with Gasteiger partial charge < -0.3 is 14.8 Å². The number of amides is 1. The fourth-order valence-electron chi connectivity index (χ4n) is 2.33. The molecule has 0 saturated carbocycles. The normalized spacial score (nSPS) is 10.9. The Morgan fingerprint density at radius 3 is 2.75 bits per heavy atom. The van der Waals surface area contributed by atoms with Gasteiger partial charge in [0, 0.05) is 17.1 Å². The second-order valence-electron chi connectivity index (χ2n) is 5.11. The van der Waals surface area contributed by atoms with Gasteiger partial charge in [-0.1, -0.05) is 6.07 Å². The van der Waals surface area contributed by atoms with Gasteiger partial charge in [-0.05, 0) is 42.0 Å².